The van der Waals surface area contributed by atoms with E-state index in [1.165, 1.54) is 24.8 Å². The third-order valence-corrected chi connectivity index (χ3v) is 18.4. The zero-order valence-corrected chi connectivity index (χ0v) is 85.4. The number of rotatable bonds is 10. The van der Waals surface area contributed by atoms with Crippen molar-refractivity contribution in [3.63, 3.8) is 0 Å². The fourth-order valence-electron chi connectivity index (χ4n) is 12.1. The summed E-state index contributed by atoms with van der Waals surface area (Å²) in [5, 5.41) is 33.2. The number of aromatic hydroxyl groups is 1. The predicted molar refractivity (Wildman–Crippen MR) is 558 cm³/mol. The number of carboxylic acid groups (broad SMARTS) is 1. The number of nitrogen functional groups attached to an aromatic ring is 1. The topological polar surface area (TPSA) is 552 Å². The molecule has 36 heteroatoms. The Balaban J connectivity index is 0.000000749. The summed E-state index contributed by atoms with van der Waals surface area (Å²) in [6.07, 6.45) is 6.83. The number of sulfonamides is 1. The smallest absolute Gasteiger partial charge is 0.337 e. The molecule has 9 heterocycles. The van der Waals surface area contributed by atoms with Gasteiger partial charge in [0.1, 0.15) is 63.9 Å². The SMILES string of the molecule is C#CCc1ccc2nc(C)[nH]c2c1.CC.CC.CC.CC.CC.CC.CC.CC.CC.COC(=O)c1ccc2nc(C)[nH]c2c1.Cc1nc2ccc(C(=O)O)cc2[nH]1.Cc1nc2ccc(CCN)cc2[nH]1.Cc1nc2ccc(CS(=O)(=O)O)cc2[nH]1.Cc1nc2ccc(CS(N)(=O)=O)cc2[nH]1.Cc1nc2ccc(N)cc2[nH]1.Cc1nc2ccc(O)cc2[nH]1.Cc1nc2ccc([N+](=O)[O-])cc2[nH]1. The van der Waals surface area contributed by atoms with Gasteiger partial charge >= 0.3 is 11.9 Å². The fourth-order valence-corrected chi connectivity index (χ4v) is 13.3. The van der Waals surface area contributed by atoms with Crippen LogP contribution in [0.2, 0.25) is 0 Å². The normalized spacial score (nSPS) is 9.90. The highest BCUT2D eigenvalue weighted by Gasteiger charge is 2.14. The van der Waals surface area contributed by atoms with Crippen LogP contribution in [-0.4, -0.2) is 152 Å². The van der Waals surface area contributed by atoms with Crippen LogP contribution in [0, 0.1) is 84.8 Å². The van der Waals surface area contributed by atoms with Gasteiger partial charge in [0.25, 0.3) is 15.8 Å². The van der Waals surface area contributed by atoms with Crippen molar-refractivity contribution in [1.29, 1.82) is 0 Å². The summed E-state index contributed by atoms with van der Waals surface area (Å²) in [5.41, 5.74) is 32.2. The number of non-ortho nitro benzene ring substituents is 1. The van der Waals surface area contributed by atoms with Crippen molar-refractivity contribution in [2.75, 3.05) is 19.4 Å². The number of H-pyrrole nitrogens is 9. The van der Waals surface area contributed by atoms with Gasteiger partial charge in [-0.1, -0.05) is 149 Å². The first-order valence-electron chi connectivity index (χ1n) is 45.1. The van der Waals surface area contributed by atoms with E-state index in [-0.39, 0.29) is 34.5 Å². The van der Waals surface area contributed by atoms with Gasteiger partial charge in [-0.2, -0.15) is 8.42 Å². The Morgan fingerprint density at radius 1 is 0.390 bits per heavy atom. The molecule has 9 aromatic carbocycles. The molecule has 0 saturated heterocycles. The van der Waals surface area contributed by atoms with Gasteiger partial charge in [0.15, 0.2) is 0 Å². The van der Waals surface area contributed by atoms with Crippen molar-refractivity contribution in [3.05, 3.63) is 260 Å². The Labute approximate surface area is 798 Å². The number of phenolic OH excluding ortho intramolecular Hbond substituents is 1. The van der Waals surface area contributed by atoms with Crippen molar-refractivity contribution >= 4 is 143 Å². The molecule has 18 rings (SSSR count). The van der Waals surface area contributed by atoms with Crippen LogP contribution in [0.15, 0.2) is 164 Å². The molecule has 18 N–H and O–H groups in total. The minimum Gasteiger partial charge on any atom is -0.508 e. The first-order chi connectivity index (χ1) is 65.0. The van der Waals surface area contributed by atoms with Crippen LogP contribution >= 0.6 is 0 Å². The molecule has 734 valence electrons. The minimum atomic E-state index is -3.97. The van der Waals surface area contributed by atoms with Crippen LogP contribution in [0.25, 0.3) is 99.3 Å². The number of phenols is 1. The minimum absolute atomic E-state index is 0.0798. The summed E-state index contributed by atoms with van der Waals surface area (Å²) in [6.45, 7) is 53.6. The average Bonchev–Trinajstić information content (AvgIpc) is 1.67. The Hall–Kier alpha value is -14.5. The van der Waals surface area contributed by atoms with Crippen molar-refractivity contribution in [1.82, 2.24) is 89.7 Å². The standard InChI is InChI=1S/C11H10N2.C10H13N3.C10H10N2O2.C9H11N3O2S.C9H10N2O3S.C9H8N2O2.C8H7N3O2.C8H9N3.C8H8N2O.9C2H6/c1-3-4-9-5-6-10-11(7-9)13-8(2)12-10;1-7-12-9-3-2-8(4-5-11)6-10(9)13-7;1-6-11-8-4-3-7(10(13)14-2)5-9(8)12-6;1-6-11-8-3-2-7(4-9(8)12-6)5-15(10,13)14;1-6-10-8-3-2-7(4-9(8)11-6)5-15(12,13)14;1-5-10-7-3-2-6(9(12)13)4-8(7)11-5;1-5-9-7-3-2-6(11(12)13)4-8(7)10-5;1-5-10-7-3-2-6(9)4-8(7)11-5;1-5-9-7-3-2-6(11)4-8(7)10-5;9*1-2/h1,5-7H,4H2,2H3,(H,12,13);2-3,6H,4-5,11H2,1H3,(H,12,13);3-5H,1-2H3,(H,11,12);2-4H,5H2,1H3,(H,11,12)(H2,10,13,14);2-4H,5H2,1H3,(H,10,11)(H,12,13,14);2-4H,1H3,(H,10,11)(H,12,13);2-4H,1H3,(H,9,10);2-4H,9H2,1H3,(H,10,11);2-4,11H,1H3,(H,9,10);9*1-2H3. The molecule has 0 amide bonds. The molecule has 0 radical (unpaired) electrons. The number of anilines is 1. The Morgan fingerprint density at radius 2 is 0.654 bits per heavy atom. The number of imidazole rings is 9. The maximum Gasteiger partial charge on any atom is 0.337 e. The number of nitro groups is 1. The summed E-state index contributed by atoms with van der Waals surface area (Å²) in [6, 6.07) is 47.9. The van der Waals surface area contributed by atoms with Gasteiger partial charge in [-0.3, -0.25) is 14.7 Å². The molecule has 0 aliphatic carbocycles. The van der Waals surface area contributed by atoms with Crippen LogP contribution < -0.4 is 16.6 Å². The monoisotopic (exact) mass is 1910 g/mol. The number of aromatic carboxylic acids is 1. The van der Waals surface area contributed by atoms with Gasteiger partial charge in [-0.05, 0) is 219 Å². The zero-order valence-electron chi connectivity index (χ0n) is 83.7. The highest BCUT2D eigenvalue weighted by molar-refractivity contribution is 7.88. The van der Waals surface area contributed by atoms with Crippen LogP contribution in [0.3, 0.4) is 0 Å². The molecule has 0 unspecified atom stereocenters. The first-order valence-corrected chi connectivity index (χ1v) is 48.5. The van der Waals surface area contributed by atoms with E-state index in [4.69, 9.17) is 37.8 Å². The third-order valence-electron chi connectivity index (χ3n) is 17.0. The Morgan fingerprint density at radius 3 is 0.978 bits per heavy atom. The van der Waals surface area contributed by atoms with Crippen molar-refractivity contribution in [3.8, 4) is 18.1 Å². The second-order valence-electron chi connectivity index (χ2n) is 27.0. The average molecular weight is 1910 g/mol. The van der Waals surface area contributed by atoms with Crippen LogP contribution in [0.4, 0.5) is 11.4 Å². The molecule has 0 aliphatic rings. The number of carbonyl (C=O) groups excluding carboxylic acids is 1. The number of fused-ring (bicyclic) bond motifs is 9. The molecular weight excluding hydrogens is 1770 g/mol. The number of methoxy groups -OCH3 is 1. The number of benzene rings is 9. The van der Waals surface area contributed by atoms with E-state index in [0.29, 0.717) is 35.2 Å². The summed E-state index contributed by atoms with van der Waals surface area (Å²) in [7, 11) is -6.08. The summed E-state index contributed by atoms with van der Waals surface area (Å²) in [4.78, 5) is 97.4. The molecule has 0 spiro atoms. The number of aryl methyl sites for hydroxylation is 9. The fraction of sp³-hybridized carbons (Fsp3) is 0.330. The van der Waals surface area contributed by atoms with E-state index in [2.05, 4.69) is 119 Å². The number of nitrogens with zero attached hydrogens (tertiary/aromatic N) is 10. The molecule has 34 nitrogen and oxygen atoms in total. The van der Waals surface area contributed by atoms with Crippen molar-refractivity contribution in [2.24, 2.45) is 10.9 Å². The number of primary sulfonamides is 1. The van der Waals surface area contributed by atoms with Gasteiger partial charge in [-0.15, -0.1) is 12.3 Å². The summed E-state index contributed by atoms with van der Waals surface area (Å²) < 4.78 is 56.4. The number of terminal acetylenes is 1. The van der Waals surface area contributed by atoms with Crippen molar-refractivity contribution in [2.45, 2.75) is 211 Å². The van der Waals surface area contributed by atoms with Gasteiger partial charge < -0.3 is 71.3 Å². The van der Waals surface area contributed by atoms with Gasteiger partial charge in [0.05, 0.1) is 128 Å². The molecule has 0 fully saturated rings. The predicted octanol–water partition coefficient (Wildman–Crippen LogP) is 22.6. The molecule has 0 bridgehead atoms. The second kappa shape index (κ2) is 62.1. The lowest BCUT2D eigenvalue weighted by atomic mass is 10.1. The number of esters is 1. The van der Waals surface area contributed by atoms with Gasteiger partial charge in [0, 0.05) is 30.3 Å². The Kier molecular flexibility index (Phi) is 54.5. The van der Waals surface area contributed by atoms with Crippen LogP contribution in [0.1, 0.15) is 220 Å². The summed E-state index contributed by atoms with van der Waals surface area (Å²) >= 11 is 0. The molecule has 0 aliphatic heterocycles. The number of nitrogens with one attached hydrogen (secondary N) is 9. The molecular formula is C100H140N22O12S2. The number of carbonyl (C=O) groups is 2. The lowest BCUT2D eigenvalue weighted by molar-refractivity contribution is -0.384. The van der Waals surface area contributed by atoms with E-state index in [0.717, 1.165) is 164 Å². The van der Waals surface area contributed by atoms with Crippen LogP contribution in [-0.2, 0) is 49.2 Å². The first kappa shape index (κ1) is 119. The lowest BCUT2D eigenvalue weighted by Gasteiger charge is -1.98. The number of hydrogen-bond donors (Lipinski definition) is 15. The molecule has 9 aromatic heterocycles. The quantitative estimate of drug-likeness (QED) is 0.0151. The number of nitro benzene ring substituents is 1. The molecule has 18 aromatic rings. The maximum atomic E-state index is 11.2. The number of carboxylic acids is 1. The van der Waals surface area contributed by atoms with E-state index >= 15 is 0 Å². The number of ether oxygens (including phenoxy) is 1. The number of hydrogen-bond acceptors (Lipinski definition) is 21. The lowest BCUT2D eigenvalue weighted by Crippen LogP contribution is -2.14. The summed E-state index contributed by atoms with van der Waals surface area (Å²) in [5.74, 6) is 8.75. The number of aromatic amines is 9. The van der Waals surface area contributed by atoms with Crippen LogP contribution in [0.5, 0.6) is 5.75 Å². The highest BCUT2D eigenvalue weighted by atomic mass is 32.2. The number of nitrogens with two attached hydrogens (primary N) is 3. The maximum absolute atomic E-state index is 11.2. The highest BCUT2D eigenvalue weighted by Crippen LogP contribution is 2.24. The van der Waals surface area contributed by atoms with Gasteiger partial charge in [0.2, 0.25) is 10.0 Å². The molecule has 136 heavy (non-hydrogen) atoms. The van der Waals surface area contributed by atoms with E-state index < -0.39 is 31.0 Å². The van der Waals surface area contributed by atoms with E-state index in [1.54, 1.807) is 97.1 Å². The van der Waals surface area contributed by atoms with Crippen molar-refractivity contribution < 1.29 is 50.9 Å². The third kappa shape index (κ3) is 40.1. The second-order valence-corrected chi connectivity index (χ2v) is 30.0. The van der Waals surface area contributed by atoms with Gasteiger partial charge in [-0.25, -0.2) is 68.0 Å². The van der Waals surface area contributed by atoms with E-state index in [9.17, 15) is 36.5 Å². The zero-order chi connectivity index (χ0) is 103. The number of aromatic nitrogens is 18. The Bertz CT molecular complexity index is 6650. The largest absolute Gasteiger partial charge is 0.508 e. The molecule has 0 saturated carbocycles. The van der Waals surface area contributed by atoms with E-state index in [1.807, 2.05) is 223 Å². The molecule has 0 atom stereocenters.